The first-order valence-electron chi connectivity index (χ1n) is 6.66. The number of rotatable bonds is 3. The summed E-state index contributed by atoms with van der Waals surface area (Å²) in [6, 6.07) is 8.57. The maximum atomic E-state index is 12.1. The molecule has 0 spiro atoms. The van der Waals surface area contributed by atoms with E-state index in [4.69, 9.17) is 11.6 Å². The molecule has 100 valence electrons. The zero-order valence-electron chi connectivity index (χ0n) is 10.7. The van der Waals surface area contributed by atoms with Gasteiger partial charge in [0.2, 0.25) is 5.91 Å². The molecule has 3 nitrogen and oxygen atoms in total. The Labute approximate surface area is 118 Å². The molecule has 0 bridgehead atoms. The minimum absolute atomic E-state index is 0.00812. The molecule has 1 fully saturated rings. The van der Waals surface area contributed by atoms with E-state index in [9.17, 15) is 10.1 Å². The fraction of sp³-hybridized carbons (Fsp3) is 0.467. The van der Waals surface area contributed by atoms with Gasteiger partial charge in [-0.15, -0.1) is 0 Å². The normalized spacial score (nSPS) is 17.5. The third kappa shape index (κ3) is 3.71. The Kier molecular flexibility index (Phi) is 4.81. The number of hydrogen-bond acceptors (Lipinski definition) is 2. The summed E-state index contributed by atoms with van der Waals surface area (Å²) in [5.74, 6) is 0.0509. The number of nitrogens with one attached hydrogen (secondary N) is 1. The van der Waals surface area contributed by atoms with Crippen molar-refractivity contribution in [2.75, 3.05) is 0 Å². The number of nitrogens with zero attached hydrogens (tertiary/aromatic N) is 1. The van der Waals surface area contributed by atoms with Gasteiger partial charge in [-0.1, -0.05) is 43.0 Å². The van der Waals surface area contributed by atoms with Crippen LogP contribution >= 0.6 is 11.6 Å². The van der Waals surface area contributed by atoms with Crippen molar-refractivity contribution < 1.29 is 4.79 Å². The van der Waals surface area contributed by atoms with E-state index < -0.39 is 6.04 Å². The standard InChI is InChI=1S/C15H17ClN2O/c16-13-8-4-7-12(9-13)14(10-17)18-15(19)11-5-2-1-3-6-11/h4,7-9,11,14H,1-3,5-6H2,(H,18,19). The summed E-state index contributed by atoms with van der Waals surface area (Å²) in [5.41, 5.74) is 0.735. The van der Waals surface area contributed by atoms with E-state index in [0.29, 0.717) is 5.02 Å². The summed E-state index contributed by atoms with van der Waals surface area (Å²) in [4.78, 5) is 12.1. The minimum Gasteiger partial charge on any atom is -0.336 e. The Morgan fingerprint density at radius 1 is 1.37 bits per heavy atom. The highest BCUT2D eigenvalue weighted by molar-refractivity contribution is 6.30. The fourth-order valence-corrected chi connectivity index (χ4v) is 2.70. The van der Waals surface area contributed by atoms with E-state index in [1.165, 1.54) is 6.42 Å². The van der Waals surface area contributed by atoms with E-state index in [-0.39, 0.29) is 11.8 Å². The van der Waals surface area contributed by atoms with Gasteiger partial charge in [0.25, 0.3) is 0 Å². The highest BCUT2D eigenvalue weighted by Crippen LogP contribution is 2.25. The molecule has 2 rings (SSSR count). The van der Waals surface area contributed by atoms with Crippen molar-refractivity contribution in [3.05, 3.63) is 34.9 Å². The lowest BCUT2D eigenvalue weighted by Gasteiger charge is -2.22. The van der Waals surface area contributed by atoms with Crippen molar-refractivity contribution in [1.29, 1.82) is 5.26 Å². The first-order chi connectivity index (χ1) is 9.20. The van der Waals surface area contributed by atoms with Crippen molar-refractivity contribution in [2.24, 2.45) is 5.92 Å². The zero-order chi connectivity index (χ0) is 13.7. The van der Waals surface area contributed by atoms with Gasteiger partial charge in [0, 0.05) is 10.9 Å². The highest BCUT2D eigenvalue weighted by atomic mass is 35.5. The number of hydrogen-bond donors (Lipinski definition) is 1. The van der Waals surface area contributed by atoms with Gasteiger partial charge in [0.05, 0.1) is 6.07 Å². The molecule has 0 aromatic heterocycles. The summed E-state index contributed by atoms with van der Waals surface area (Å²) in [6.07, 6.45) is 5.28. The van der Waals surface area contributed by atoms with Crippen LogP contribution in [0.4, 0.5) is 0 Å². The third-order valence-corrected chi connectivity index (χ3v) is 3.81. The molecule has 1 aliphatic rings. The number of carbonyl (C=O) groups excluding carboxylic acids is 1. The van der Waals surface area contributed by atoms with Crippen LogP contribution in [0.1, 0.15) is 43.7 Å². The van der Waals surface area contributed by atoms with Crippen molar-refractivity contribution in [1.82, 2.24) is 5.32 Å². The summed E-state index contributed by atoms with van der Waals surface area (Å²) in [5, 5.41) is 12.6. The topological polar surface area (TPSA) is 52.9 Å². The number of nitriles is 1. The van der Waals surface area contributed by atoms with E-state index in [0.717, 1.165) is 31.2 Å². The van der Waals surface area contributed by atoms with Gasteiger partial charge in [0.15, 0.2) is 0 Å². The SMILES string of the molecule is N#CC(NC(=O)C1CCCCC1)c1cccc(Cl)c1. The van der Waals surface area contributed by atoms with Crippen LogP contribution in [0, 0.1) is 17.2 Å². The van der Waals surface area contributed by atoms with Crippen molar-refractivity contribution in [3.8, 4) is 6.07 Å². The monoisotopic (exact) mass is 276 g/mol. The molecular formula is C15H17ClN2O. The third-order valence-electron chi connectivity index (χ3n) is 3.57. The molecule has 19 heavy (non-hydrogen) atoms. The second kappa shape index (κ2) is 6.58. The molecule has 0 radical (unpaired) electrons. The number of carbonyl (C=O) groups is 1. The summed E-state index contributed by atoms with van der Waals surface area (Å²) < 4.78 is 0. The van der Waals surface area contributed by atoms with Gasteiger partial charge in [-0.3, -0.25) is 4.79 Å². The number of benzene rings is 1. The predicted octanol–water partition coefficient (Wildman–Crippen LogP) is 3.60. The Bertz CT molecular complexity index is 489. The Hall–Kier alpha value is -1.53. The number of halogens is 1. The highest BCUT2D eigenvalue weighted by Gasteiger charge is 2.23. The van der Waals surface area contributed by atoms with Crippen molar-refractivity contribution in [3.63, 3.8) is 0 Å². The molecule has 1 aromatic rings. The second-order valence-corrected chi connectivity index (χ2v) is 5.40. The van der Waals surface area contributed by atoms with Crippen molar-refractivity contribution >= 4 is 17.5 Å². The Balaban J connectivity index is 2.03. The van der Waals surface area contributed by atoms with E-state index in [2.05, 4.69) is 11.4 Å². The lowest BCUT2D eigenvalue weighted by molar-refractivity contribution is -0.126. The lowest BCUT2D eigenvalue weighted by Crippen LogP contribution is -2.34. The molecule has 1 saturated carbocycles. The quantitative estimate of drug-likeness (QED) is 0.917. The van der Waals surface area contributed by atoms with Crippen LogP contribution < -0.4 is 5.32 Å². The van der Waals surface area contributed by atoms with Crippen molar-refractivity contribution in [2.45, 2.75) is 38.1 Å². The molecule has 0 saturated heterocycles. The minimum atomic E-state index is -0.617. The van der Waals surface area contributed by atoms with Crippen LogP contribution in [0.2, 0.25) is 5.02 Å². The maximum Gasteiger partial charge on any atom is 0.224 e. The van der Waals surface area contributed by atoms with Crippen LogP contribution in [0.3, 0.4) is 0 Å². The molecule has 1 amide bonds. The lowest BCUT2D eigenvalue weighted by atomic mass is 9.88. The summed E-state index contributed by atoms with van der Waals surface area (Å²) >= 11 is 5.91. The van der Waals surface area contributed by atoms with Gasteiger partial charge in [-0.05, 0) is 30.5 Å². The van der Waals surface area contributed by atoms with E-state index in [1.54, 1.807) is 24.3 Å². The van der Waals surface area contributed by atoms with Crippen LogP contribution in [-0.2, 0) is 4.79 Å². The largest absolute Gasteiger partial charge is 0.336 e. The fourth-order valence-electron chi connectivity index (χ4n) is 2.50. The average Bonchev–Trinajstić information content (AvgIpc) is 2.45. The molecular weight excluding hydrogens is 260 g/mol. The van der Waals surface area contributed by atoms with Gasteiger partial charge >= 0.3 is 0 Å². The van der Waals surface area contributed by atoms with Crippen LogP contribution in [0.5, 0.6) is 0 Å². The first-order valence-corrected chi connectivity index (χ1v) is 7.04. The summed E-state index contributed by atoms with van der Waals surface area (Å²) in [7, 11) is 0. The molecule has 1 atom stereocenters. The molecule has 4 heteroatoms. The molecule has 1 aromatic carbocycles. The average molecular weight is 277 g/mol. The molecule has 1 N–H and O–H groups in total. The van der Waals surface area contributed by atoms with Gasteiger partial charge in [-0.2, -0.15) is 5.26 Å². The van der Waals surface area contributed by atoms with Crippen LogP contribution in [0.25, 0.3) is 0 Å². The Morgan fingerprint density at radius 3 is 2.74 bits per heavy atom. The zero-order valence-corrected chi connectivity index (χ0v) is 11.5. The first kappa shape index (κ1) is 13.9. The molecule has 0 heterocycles. The van der Waals surface area contributed by atoms with Crippen LogP contribution in [0.15, 0.2) is 24.3 Å². The van der Waals surface area contributed by atoms with E-state index >= 15 is 0 Å². The van der Waals surface area contributed by atoms with Gasteiger partial charge < -0.3 is 5.32 Å². The van der Waals surface area contributed by atoms with Gasteiger partial charge in [0.1, 0.15) is 6.04 Å². The number of amides is 1. The smallest absolute Gasteiger partial charge is 0.224 e. The van der Waals surface area contributed by atoms with Gasteiger partial charge in [-0.25, -0.2) is 0 Å². The van der Waals surface area contributed by atoms with E-state index in [1.807, 2.05) is 0 Å². The Morgan fingerprint density at radius 2 is 2.11 bits per heavy atom. The molecule has 1 unspecified atom stereocenters. The second-order valence-electron chi connectivity index (χ2n) is 4.96. The van der Waals surface area contributed by atoms with Crippen LogP contribution in [-0.4, -0.2) is 5.91 Å². The molecule has 1 aliphatic carbocycles. The predicted molar refractivity (Wildman–Crippen MR) is 74.5 cm³/mol. The maximum absolute atomic E-state index is 12.1. The summed E-state index contributed by atoms with van der Waals surface area (Å²) in [6.45, 7) is 0. The molecule has 0 aliphatic heterocycles.